The van der Waals surface area contributed by atoms with Crippen molar-refractivity contribution >= 4 is 21.6 Å². The number of anilines is 1. The molecule has 0 saturated carbocycles. The molecule has 2 amide bonds. The van der Waals surface area contributed by atoms with Gasteiger partial charge in [-0.05, 0) is 36.6 Å². The zero-order chi connectivity index (χ0) is 18.6. The molecule has 0 unspecified atom stereocenters. The number of urea groups is 1. The Morgan fingerprint density at radius 1 is 1.12 bits per heavy atom. The molecule has 3 rings (SSSR count). The second-order valence-electron chi connectivity index (χ2n) is 6.33. The van der Waals surface area contributed by atoms with Gasteiger partial charge in [0.15, 0.2) is 9.84 Å². The molecule has 26 heavy (non-hydrogen) atoms. The number of para-hydroxylation sites is 1. The van der Waals surface area contributed by atoms with Crippen LogP contribution >= 0.6 is 0 Å². The highest BCUT2D eigenvalue weighted by molar-refractivity contribution is 7.91. The molecule has 1 saturated heterocycles. The van der Waals surface area contributed by atoms with E-state index in [9.17, 15) is 18.3 Å². The first-order valence-corrected chi connectivity index (χ1v) is 10.2. The summed E-state index contributed by atoms with van der Waals surface area (Å²) < 4.78 is 23.1. The van der Waals surface area contributed by atoms with Crippen LogP contribution in [-0.2, 0) is 22.7 Å². The third-order valence-electron chi connectivity index (χ3n) is 4.28. The van der Waals surface area contributed by atoms with E-state index in [1.807, 2.05) is 36.4 Å². The molecule has 0 spiro atoms. The number of aliphatic hydroxyl groups is 1. The third-order valence-corrected chi connectivity index (χ3v) is 6.00. The Morgan fingerprint density at radius 3 is 2.58 bits per heavy atom. The van der Waals surface area contributed by atoms with Gasteiger partial charge < -0.3 is 15.7 Å². The molecule has 138 valence electrons. The Hall–Kier alpha value is -2.45. The van der Waals surface area contributed by atoms with E-state index in [4.69, 9.17) is 0 Å². The van der Waals surface area contributed by atoms with Gasteiger partial charge in [-0.25, -0.2) is 13.2 Å². The fourth-order valence-corrected chi connectivity index (χ4v) is 4.70. The van der Waals surface area contributed by atoms with Crippen LogP contribution in [0.2, 0.25) is 0 Å². The van der Waals surface area contributed by atoms with Crippen molar-refractivity contribution in [3.05, 3.63) is 59.9 Å². The Morgan fingerprint density at radius 2 is 1.88 bits per heavy atom. The molecular weight excluding hydrogens is 354 g/mol. The minimum absolute atomic E-state index is 0.247. The number of aromatic nitrogens is 1. The molecule has 7 nitrogen and oxygen atoms in total. The number of aryl methyl sites for hydroxylation is 2. The number of nitrogens with one attached hydrogen (secondary N) is 2. The van der Waals surface area contributed by atoms with Crippen molar-refractivity contribution in [2.45, 2.75) is 25.0 Å². The van der Waals surface area contributed by atoms with Crippen LogP contribution < -0.4 is 10.6 Å². The zero-order valence-electron chi connectivity index (χ0n) is 14.1. The first-order chi connectivity index (χ1) is 12.4. The summed E-state index contributed by atoms with van der Waals surface area (Å²) in [6.45, 7) is 0. The van der Waals surface area contributed by atoms with Gasteiger partial charge in [0.2, 0.25) is 0 Å². The first kappa shape index (κ1) is 18.3. The molecule has 1 aliphatic heterocycles. The van der Waals surface area contributed by atoms with Gasteiger partial charge in [0.25, 0.3) is 0 Å². The van der Waals surface area contributed by atoms with Gasteiger partial charge in [-0.3, -0.25) is 4.98 Å². The molecule has 2 heterocycles. The number of nitrogens with zero attached hydrogens (tertiary/aromatic N) is 1. The van der Waals surface area contributed by atoms with Crippen LogP contribution in [0.15, 0.2) is 48.7 Å². The Bertz CT molecular complexity index is 871. The lowest BCUT2D eigenvalue weighted by atomic mass is 10.1. The summed E-state index contributed by atoms with van der Waals surface area (Å²) in [6.07, 6.45) is 2.10. The first-order valence-electron chi connectivity index (χ1n) is 8.37. The Kier molecular flexibility index (Phi) is 5.53. The van der Waals surface area contributed by atoms with E-state index in [1.54, 1.807) is 12.3 Å². The maximum Gasteiger partial charge on any atom is 0.319 e. The predicted octanol–water partition coefficient (Wildman–Crippen LogP) is 1.15. The molecule has 2 atom stereocenters. The van der Waals surface area contributed by atoms with Crippen LogP contribution in [0.4, 0.5) is 10.5 Å². The molecule has 1 aromatic carbocycles. The lowest BCUT2D eigenvalue weighted by molar-refractivity contribution is 0.167. The number of rotatable bonds is 5. The van der Waals surface area contributed by atoms with Crippen molar-refractivity contribution in [2.24, 2.45) is 0 Å². The number of aliphatic hydroxyl groups excluding tert-OH is 1. The SMILES string of the molecule is O=C(Nc1ccccc1CCc1ccccn1)N[C@H]1CS(=O)(=O)C[C@@H]1O. The van der Waals surface area contributed by atoms with Gasteiger partial charge in [-0.1, -0.05) is 24.3 Å². The lowest BCUT2D eigenvalue weighted by Crippen LogP contribution is -2.44. The van der Waals surface area contributed by atoms with E-state index in [0.717, 1.165) is 17.7 Å². The van der Waals surface area contributed by atoms with Gasteiger partial charge in [-0.15, -0.1) is 0 Å². The summed E-state index contributed by atoms with van der Waals surface area (Å²) in [7, 11) is -3.31. The molecule has 0 bridgehead atoms. The summed E-state index contributed by atoms with van der Waals surface area (Å²) in [5, 5.41) is 15.1. The molecule has 0 aliphatic carbocycles. The number of pyridine rings is 1. The number of benzene rings is 1. The van der Waals surface area contributed by atoms with Crippen molar-refractivity contribution in [1.29, 1.82) is 0 Å². The maximum atomic E-state index is 12.2. The summed E-state index contributed by atoms with van der Waals surface area (Å²) >= 11 is 0. The number of amides is 2. The Balaban J connectivity index is 1.62. The number of carbonyl (C=O) groups is 1. The fourth-order valence-electron chi connectivity index (χ4n) is 2.96. The Labute approximate surface area is 152 Å². The van der Waals surface area contributed by atoms with Crippen LogP contribution in [0.3, 0.4) is 0 Å². The summed E-state index contributed by atoms with van der Waals surface area (Å²) in [5.41, 5.74) is 2.57. The van der Waals surface area contributed by atoms with Crippen LogP contribution in [0.25, 0.3) is 0 Å². The minimum Gasteiger partial charge on any atom is -0.390 e. The normalized spacial score (nSPS) is 21.3. The minimum atomic E-state index is -3.31. The van der Waals surface area contributed by atoms with E-state index in [1.165, 1.54) is 0 Å². The number of hydrogen-bond donors (Lipinski definition) is 3. The summed E-state index contributed by atoms with van der Waals surface area (Å²) in [5.74, 6) is -0.568. The monoisotopic (exact) mass is 375 g/mol. The molecule has 1 aromatic heterocycles. The van der Waals surface area contributed by atoms with Crippen molar-refractivity contribution < 1.29 is 18.3 Å². The predicted molar refractivity (Wildman–Crippen MR) is 98.7 cm³/mol. The van der Waals surface area contributed by atoms with Gasteiger partial charge in [0.1, 0.15) is 0 Å². The average Bonchev–Trinajstić information content (AvgIpc) is 2.86. The number of sulfone groups is 1. The van der Waals surface area contributed by atoms with E-state index in [-0.39, 0.29) is 11.5 Å². The zero-order valence-corrected chi connectivity index (χ0v) is 14.9. The van der Waals surface area contributed by atoms with Crippen molar-refractivity contribution in [1.82, 2.24) is 10.3 Å². The van der Waals surface area contributed by atoms with E-state index < -0.39 is 28.0 Å². The van der Waals surface area contributed by atoms with Crippen molar-refractivity contribution in [3.63, 3.8) is 0 Å². The molecule has 1 fully saturated rings. The highest BCUT2D eigenvalue weighted by atomic mass is 32.2. The molecule has 0 radical (unpaired) electrons. The van der Waals surface area contributed by atoms with Crippen LogP contribution in [0.5, 0.6) is 0 Å². The summed E-state index contributed by atoms with van der Waals surface area (Å²) in [6, 6.07) is 11.8. The molecule has 2 aromatic rings. The molecule has 8 heteroatoms. The smallest absolute Gasteiger partial charge is 0.319 e. The lowest BCUT2D eigenvalue weighted by Gasteiger charge is -2.17. The van der Waals surface area contributed by atoms with Crippen LogP contribution in [0, 0.1) is 0 Å². The van der Waals surface area contributed by atoms with Gasteiger partial charge in [-0.2, -0.15) is 0 Å². The van der Waals surface area contributed by atoms with E-state index in [0.29, 0.717) is 12.1 Å². The van der Waals surface area contributed by atoms with E-state index in [2.05, 4.69) is 15.6 Å². The highest BCUT2D eigenvalue weighted by Gasteiger charge is 2.37. The highest BCUT2D eigenvalue weighted by Crippen LogP contribution is 2.18. The molecule has 3 N–H and O–H groups in total. The quantitative estimate of drug-likeness (QED) is 0.726. The molecule has 1 aliphatic rings. The standard InChI is InChI=1S/C18H21N3O4S/c22-17-12-26(24,25)11-16(17)21-18(23)20-15-7-2-1-5-13(15)8-9-14-6-3-4-10-19-14/h1-7,10,16-17,22H,8-9,11-12H2,(H2,20,21,23)/t16-,17-/m0/s1. The third kappa shape index (κ3) is 4.80. The van der Waals surface area contributed by atoms with Crippen LogP contribution in [-0.4, -0.2) is 48.2 Å². The maximum absolute atomic E-state index is 12.2. The van der Waals surface area contributed by atoms with Gasteiger partial charge in [0, 0.05) is 17.6 Å². The van der Waals surface area contributed by atoms with Crippen LogP contribution in [0.1, 0.15) is 11.3 Å². The second kappa shape index (κ2) is 7.84. The largest absolute Gasteiger partial charge is 0.390 e. The fraction of sp³-hybridized carbons (Fsp3) is 0.333. The van der Waals surface area contributed by atoms with Crippen molar-refractivity contribution in [3.8, 4) is 0 Å². The second-order valence-corrected chi connectivity index (χ2v) is 8.48. The average molecular weight is 375 g/mol. The van der Waals surface area contributed by atoms with E-state index >= 15 is 0 Å². The van der Waals surface area contributed by atoms with Gasteiger partial charge >= 0.3 is 6.03 Å². The summed E-state index contributed by atoms with van der Waals surface area (Å²) in [4.78, 5) is 16.5. The molecular formula is C18H21N3O4S. The van der Waals surface area contributed by atoms with Gasteiger partial charge in [0.05, 0.1) is 23.7 Å². The van der Waals surface area contributed by atoms with Crippen molar-refractivity contribution in [2.75, 3.05) is 16.8 Å². The number of carbonyl (C=O) groups excluding carboxylic acids is 1. The topological polar surface area (TPSA) is 108 Å². The number of hydrogen-bond acceptors (Lipinski definition) is 5.